The molecule has 0 fully saturated rings. The molecule has 0 aliphatic rings. The smallest absolute Gasteiger partial charge is 0.324 e. The first-order valence-electron chi connectivity index (χ1n) is 4.65. The lowest BCUT2D eigenvalue weighted by Crippen LogP contribution is -1.56. The van der Waals surface area contributed by atoms with Crippen molar-refractivity contribution < 1.29 is 19.7 Å². The molecule has 0 heterocycles. The fourth-order valence-electron chi connectivity index (χ4n) is 0.856. The first-order chi connectivity index (χ1) is 8.20. The first kappa shape index (κ1) is 15.1. The molecule has 0 spiro atoms. The van der Waals surface area contributed by atoms with Crippen LogP contribution in [0.3, 0.4) is 0 Å². The van der Waals surface area contributed by atoms with Crippen molar-refractivity contribution in [1.82, 2.24) is 0 Å². The summed E-state index contributed by atoms with van der Waals surface area (Å²) in [6.45, 7) is 0. The van der Waals surface area contributed by atoms with Crippen molar-refractivity contribution in [1.29, 1.82) is 0 Å². The summed E-state index contributed by atoms with van der Waals surface area (Å²) in [5, 5.41) is 17.3. The minimum absolute atomic E-state index is 0.322. The maximum absolute atomic E-state index is 8.63. The highest BCUT2D eigenvalue weighted by Crippen LogP contribution is 2.03. The number of para-hydroxylation sites is 2. The maximum Gasteiger partial charge on any atom is 0.324 e. The van der Waals surface area contributed by atoms with Gasteiger partial charge in [-0.2, -0.15) is 0 Å². The highest BCUT2D eigenvalue weighted by molar-refractivity contribution is 7.16. The second-order valence-corrected chi connectivity index (χ2v) is 2.92. The van der Waals surface area contributed by atoms with E-state index in [2.05, 4.69) is 0 Å². The van der Waals surface area contributed by atoms with Crippen LogP contribution in [0.5, 0.6) is 11.5 Å². The molecule has 90 valence electrons. The van der Waals surface area contributed by atoms with Crippen LogP contribution in [0.1, 0.15) is 0 Å². The fraction of sp³-hybridized carbons (Fsp3) is 0. The number of hydrogen-bond donors (Lipinski definition) is 3. The van der Waals surface area contributed by atoms with E-state index in [-0.39, 0.29) is 0 Å². The number of rotatable bonds is 0. The second kappa shape index (κ2) is 10.6. The van der Waals surface area contributed by atoms with Crippen LogP contribution in [0.25, 0.3) is 0 Å². The number of aromatic hydroxyl groups is 2. The summed E-state index contributed by atoms with van der Waals surface area (Å²) >= 11 is 0. The van der Waals surface area contributed by atoms with Crippen LogP contribution < -0.4 is 0 Å². The van der Waals surface area contributed by atoms with Gasteiger partial charge in [0, 0.05) is 0 Å². The molecule has 0 unspecified atom stereocenters. The zero-order chi connectivity index (χ0) is 12.9. The minimum atomic E-state index is -0.833. The Bertz CT molecular complexity index is 354. The van der Waals surface area contributed by atoms with Gasteiger partial charge in [-0.15, -0.1) is 0 Å². The van der Waals surface area contributed by atoms with Crippen molar-refractivity contribution >= 4 is 8.69 Å². The molecule has 17 heavy (non-hydrogen) atoms. The summed E-state index contributed by atoms with van der Waals surface area (Å²) < 4.78 is 8.46. The second-order valence-electron chi connectivity index (χ2n) is 2.75. The third-order valence-electron chi connectivity index (χ3n) is 1.51. The Morgan fingerprint density at radius 2 is 0.941 bits per heavy atom. The monoisotopic (exact) mass is 252 g/mol. The predicted molar refractivity (Wildman–Crippen MR) is 66.0 cm³/mol. The van der Waals surface area contributed by atoms with E-state index in [4.69, 9.17) is 19.7 Å². The Kier molecular flexibility index (Phi) is 9.43. The van der Waals surface area contributed by atoms with Gasteiger partial charge in [-0.3, -0.25) is 0 Å². The van der Waals surface area contributed by atoms with Crippen LogP contribution in [-0.2, 0) is 4.57 Å². The minimum Gasteiger partial charge on any atom is -0.508 e. The molecule has 2 aromatic carbocycles. The van der Waals surface area contributed by atoms with Crippen LogP contribution >= 0.6 is 8.69 Å². The average Bonchev–Trinajstić information content (AvgIpc) is 2.33. The van der Waals surface area contributed by atoms with Crippen LogP contribution in [-0.4, -0.2) is 15.1 Å². The molecule has 0 saturated carbocycles. The molecule has 4 nitrogen and oxygen atoms in total. The normalized spacial score (nSPS) is 8.29. The van der Waals surface area contributed by atoms with Crippen molar-refractivity contribution in [2.75, 3.05) is 0 Å². The summed E-state index contributed by atoms with van der Waals surface area (Å²) in [6.07, 6.45) is 0. The van der Waals surface area contributed by atoms with Gasteiger partial charge in [-0.25, -0.2) is 4.57 Å². The predicted octanol–water partition coefficient (Wildman–Crippen LogP) is 2.97. The number of hydrogen-bond acceptors (Lipinski definition) is 3. The largest absolute Gasteiger partial charge is 0.508 e. The molecule has 3 N–H and O–H groups in total. The van der Waals surface area contributed by atoms with Crippen LogP contribution in [0, 0.1) is 0 Å². The van der Waals surface area contributed by atoms with Crippen molar-refractivity contribution in [3.8, 4) is 11.5 Å². The molecule has 0 aromatic heterocycles. The molecule has 5 heteroatoms. The van der Waals surface area contributed by atoms with E-state index in [1.165, 1.54) is 0 Å². The Hall–Kier alpha value is -1.90. The van der Waals surface area contributed by atoms with Gasteiger partial charge >= 0.3 is 8.69 Å². The van der Waals surface area contributed by atoms with E-state index in [1.54, 1.807) is 48.5 Å². The van der Waals surface area contributed by atoms with Gasteiger partial charge in [-0.05, 0) is 24.3 Å². The fourth-order valence-corrected chi connectivity index (χ4v) is 0.856. The maximum atomic E-state index is 8.63. The summed E-state index contributed by atoms with van der Waals surface area (Å²) in [5.74, 6) is 0.644. The summed E-state index contributed by atoms with van der Waals surface area (Å²) in [5.41, 5.74) is 0. The Morgan fingerprint density at radius 3 is 1.06 bits per heavy atom. The van der Waals surface area contributed by atoms with Crippen molar-refractivity contribution in [2.45, 2.75) is 0 Å². The van der Waals surface area contributed by atoms with Gasteiger partial charge in [0.25, 0.3) is 0 Å². The van der Waals surface area contributed by atoms with Gasteiger partial charge in [0.1, 0.15) is 11.5 Å². The lowest BCUT2D eigenvalue weighted by atomic mass is 10.3. The highest BCUT2D eigenvalue weighted by atomic mass is 31.1. The van der Waals surface area contributed by atoms with Crippen LogP contribution in [0.2, 0.25) is 0 Å². The molecule has 0 amide bonds. The molecule has 2 rings (SSSR count). The van der Waals surface area contributed by atoms with Gasteiger partial charge < -0.3 is 15.1 Å². The third kappa shape index (κ3) is 10.4. The van der Waals surface area contributed by atoms with Crippen LogP contribution in [0.15, 0.2) is 60.7 Å². The van der Waals surface area contributed by atoms with E-state index in [0.29, 0.717) is 11.5 Å². The van der Waals surface area contributed by atoms with Gasteiger partial charge in [0.2, 0.25) is 0 Å². The van der Waals surface area contributed by atoms with Crippen molar-refractivity contribution in [3.05, 3.63) is 60.7 Å². The third-order valence-corrected chi connectivity index (χ3v) is 1.51. The van der Waals surface area contributed by atoms with Gasteiger partial charge in [0.05, 0.1) is 0 Å². The SMILES string of the molecule is O=PO.Oc1ccccc1.Oc1ccccc1. The van der Waals surface area contributed by atoms with E-state index >= 15 is 0 Å². The lowest BCUT2D eigenvalue weighted by molar-refractivity contribution is 0.475. The van der Waals surface area contributed by atoms with Crippen LogP contribution in [0.4, 0.5) is 0 Å². The summed E-state index contributed by atoms with van der Waals surface area (Å²) in [4.78, 5) is 6.99. The highest BCUT2D eigenvalue weighted by Gasteiger charge is 1.75. The van der Waals surface area contributed by atoms with Crippen molar-refractivity contribution in [2.24, 2.45) is 0 Å². The molecular weight excluding hydrogens is 239 g/mol. The standard InChI is InChI=1S/2C6H6O.HO2P/c2*7-6-4-2-1-3-5-6;1-3-2/h2*1-5,7H;(H,1,2). The van der Waals surface area contributed by atoms with Gasteiger partial charge in [0.15, 0.2) is 0 Å². The summed E-state index contributed by atoms with van der Waals surface area (Å²) in [7, 11) is -0.833. The quantitative estimate of drug-likeness (QED) is 0.630. The number of phenols is 2. The molecule has 0 aliphatic heterocycles. The summed E-state index contributed by atoms with van der Waals surface area (Å²) in [6, 6.07) is 17.4. The molecule has 2 aromatic rings. The topological polar surface area (TPSA) is 77.8 Å². The first-order valence-corrected chi connectivity index (χ1v) is 5.42. The van der Waals surface area contributed by atoms with Crippen molar-refractivity contribution in [3.63, 3.8) is 0 Å². The zero-order valence-corrected chi connectivity index (χ0v) is 9.87. The molecule has 0 saturated heterocycles. The molecule has 0 bridgehead atoms. The zero-order valence-electron chi connectivity index (χ0n) is 8.97. The Morgan fingerprint density at radius 1 is 0.706 bits per heavy atom. The number of phenolic OH excluding ortho intramolecular Hbond substituents is 2. The Balaban J connectivity index is 0.000000247. The lowest BCUT2D eigenvalue weighted by Gasteiger charge is -1.82. The van der Waals surface area contributed by atoms with E-state index in [9.17, 15) is 0 Å². The van der Waals surface area contributed by atoms with E-state index < -0.39 is 8.69 Å². The average molecular weight is 252 g/mol. The molecule has 0 atom stereocenters. The van der Waals surface area contributed by atoms with E-state index in [0.717, 1.165) is 0 Å². The van der Waals surface area contributed by atoms with Gasteiger partial charge in [-0.1, -0.05) is 36.4 Å². The molecule has 0 radical (unpaired) electrons. The molecule has 0 aliphatic carbocycles. The van der Waals surface area contributed by atoms with E-state index in [1.807, 2.05) is 12.1 Å². The number of benzene rings is 2. The molecular formula is C12H13O4P. The Labute approximate surface area is 101 Å².